The first-order valence-corrected chi connectivity index (χ1v) is 5.66. The van der Waals surface area contributed by atoms with Crippen LogP contribution in [0.3, 0.4) is 0 Å². The highest BCUT2D eigenvalue weighted by atomic mass is 19.1. The van der Waals surface area contributed by atoms with Gasteiger partial charge in [0.1, 0.15) is 5.82 Å². The maximum Gasteiger partial charge on any atom is 0.141 e. The molecule has 1 saturated heterocycles. The second-order valence-electron chi connectivity index (χ2n) is 4.45. The normalized spacial score (nSPS) is 26.2. The quantitative estimate of drug-likeness (QED) is 0.843. The van der Waals surface area contributed by atoms with Gasteiger partial charge >= 0.3 is 0 Å². The van der Waals surface area contributed by atoms with Crippen LogP contribution in [-0.2, 0) is 6.54 Å². The van der Waals surface area contributed by atoms with Crippen LogP contribution in [0.5, 0.6) is 0 Å². The average molecular weight is 224 g/mol. The first-order valence-electron chi connectivity index (χ1n) is 5.66. The number of hydrogen-bond acceptors (Lipinski definition) is 3. The van der Waals surface area contributed by atoms with Gasteiger partial charge < -0.3 is 5.11 Å². The molecule has 0 radical (unpaired) electrons. The van der Waals surface area contributed by atoms with E-state index in [9.17, 15) is 9.50 Å². The fourth-order valence-corrected chi connectivity index (χ4v) is 2.29. The molecule has 0 amide bonds. The standard InChI is InChI=1S/C12H17FN2O/c1-9-4-5-15(12(9)8-16)7-11-3-2-10(13)6-14-11/h2-3,6,9,12,16H,4-5,7-8H2,1H3. The molecule has 0 spiro atoms. The molecule has 16 heavy (non-hydrogen) atoms. The van der Waals surface area contributed by atoms with Crippen molar-refractivity contribution in [1.82, 2.24) is 9.88 Å². The van der Waals surface area contributed by atoms with Gasteiger partial charge in [-0.1, -0.05) is 6.92 Å². The third-order valence-corrected chi connectivity index (χ3v) is 3.34. The highest BCUT2D eigenvalue weighted by molar-refractivity contribution is 5.06. The van der Waals surface area contributed by atoms with E-state index in [1.807, 2.05) is 0 Å². The van der Waals surface area contributed by atoms with Crippen molar-refractivity contribution in [3.8, 4) is 0 Å². The second kappa shape index (κ2) is 4.89. The number of pyridine rings is 1. The Morgan fingerprint density at radius 2 is 2.38 bits per heavy atom. The zero-order valence-electron chi connectivity index (χ0n) is 9.43. The van der Waals surface area contributed by atoms with E-state index in [0.717, 1.165) is 18.7 Å². The summed E-state index contributed by atoms with van der Waals surface area (Å²) in [6, 6.07) is 3.34. The van der Waals surface area contributed by atoms with Gasteiger partial charge in [0.25, 0.3) is 0 Å². The molecular formula is C12H17FN2O. The zero-order chi connectivity index (χ0) is 11.5. The van der Waals surface area contributed by atoms with Gasteiger partial charge in [-0.3, -0.25) is 9.88 Å². The molecule has 2 heterocycles. The molecule has 3 nitrogen and oxygen atoms in total. The summed E-state index contributed by atoms with van der Waals surface area (Å²) in [6.07, 6.45) is 2.34. The van der Waals surface area contributed by atoms with Crippen molar-refractivity contribution in [2.75, 3.05) is 13.2 Å². The Bertz CT molecular complexity index is 341. The van der Waals surface area contributed by atoms with Crippen molar-refractivity contribution in [1.29, 1.82) is 0 Å². The molecule has 1 aliphatic rings. The van der Waals surface area contributed by atoms with Crippen LogP contribution in [0, 0.1) is 11.7 Å². The topological polar surface area (TPSA) is 36.4 Å². The average Bonchev–Trinajstić information content (AvgIpc) is 2.63. The Kier molecular flexibility index (Phi) is 3.51. The van der Waals surface area contributed by atoms with Crippen LogP contribution < -0.4 is 0 Å². The molecule has 1 aromatic rings. The molecular weight excluding hydrogens is 207 g/mol. The molecule has 0 bridgehead atoms. The summed E-state index contributed by atoms with van der Waals surface area (Å²) in [7, 11) is 0. The van der Waals surface area contributed by atoms with E-state index in [-0.39, 0.29) is 18.5 Å². The largest absolute Gasteiger partial charge is 0.395 e. The molecule has 0 saturated carbocycles. The number of aromatic nitrogens is 1. The van der Waals surface area contributed by atoms with Gasteiger partial charge in [0, 0.05) is 12.6 Å². The predicted octanol–water partition coefficient (Wildman–Crippen LogP) is 1.42. The first-order chi connectivity index (χ1) is 7.70. The molecule has 2 rings (SSSR count). The third-order valence-electron chi connectivity index (χ3n) is 3.34. The lowest BCUT2D eigenvalue weighted by atomic mass is 10.0. The number of nitrogens with zero attached hydrogens (tertiary/aromatic N) is 2. The Balaban J connectivity index is 2.01. The molecule has 1 aliphatic heterocycles. The zero-order valence-corrected chi connectivity index (χ0v) is 9.43. The summed E-state index contributed by atoms with van der Waals surface area (Å²) < 4.78 is 12.7. The highest BCUT2D eigenvalue weighted by Crippen LogP contribution is 2.24. The number of likely N-dealkylation sites (tertiary alicyclic amines) is 1. The number of hydrogen-bond donors (Lipinski definition) is 1. The summed E-state index contributed by atoms with van der Waals surface area (Å²) >= 11 is 0. The lowest BCUT2D eigenvalue weighted by molar-refractivity contribution is 0.133. The van der Waals surface area contributed by atoms with Crippen molar-refractivity contribution < 1.29 is 9.50 Å². The lowest BCUT2D eigenvalue weighted by Crippen LogP contribution is -2.34. The van der Waals surface area contributed by atoms with E-state index >= 15 is 0 Å². The van der Waals surface area contributed by atoms with Crippen molar-refractivity contribution >= 4 is 0 Å². The molecule has 1 fully saturated rings. The molecule has 2 atom stereocenters. The summed E-state index contributed by atoms with van der Waals surface area (Å²) in [5.74, 6) is 0.211. The van der Waals surface area contributed by atoms with Crippen molar-refractivity contribution in [2.24, 2.45) is 5.92 Å². The van der Waals surface area contributed by atoms with Gasteiger partial charge in [0.2, 0.25) is 0 Å². The van der Waals surface area contributed by atoms with E-state index in [4.69, 9.17) is 0 Å². The van der Waals surface area contributed by atoms with Crippen LogP contribution in [0.2, 0.25) is 0 Å². The smallest absolute Gasteiger partial charge is 0.141 e. The molecule has 0 aromatic carbocycles. The van der Waals surface area contributed by atoms with Gasteiger partial charge in [-0.05, 0) is 31.0 Å². The van der Waals surface area contributed by atoms with E-state index in [1.54, 1.807) is 6.07 Å². The minimum Gasteiger partial charge on any atom is -0.395 e. The molecule has 88 valence electrons. The molecule has 2 unspecified atom stereocenters. The van der Waals surface area contributed by atoms with Crippen LogP contribution >= 0.6 is 0 Å². The van der Waals surface area contributed by atoms with E-state index < -0.39 is 0 Å². The van der Waals surface area contributed by atoms with E-state index in [0.29, 0.717) is 12.5 Å². The molecule has 1 aromatic heterocycles. The molecule has 1 N–H and O–H groups in total. The summed E-state index contributed by atoms with van der Waals surface area (Å²) in [5, 5.41) is 9.31. The molecule has 0 aliphatic carbocycles. The highest BCUT2D eigenvalue weighted by Gasteiger charge is 2.30. The number of rotatable bonds is 3. The van der Waals surface area contributed by atoms with Gasteiger partial charge in [0.15, 0.2) is 0 Å². The third kappa shape index (κ3) is 2.39. The maximum atomic E-state index is 12.7. The SMILES string of the molecule is CC1CCN(Cc2ccc(F)cn2)C1CO. The van der Waals surface area contributed by atoms with E-state index in [2.05, 4.69) is 16.8 Å². The van der Waals surface area contributed by atoms with Crippen LogP contribution in [-0.4, -0.2) is 34.2 Å². The Morgan fingerprint density at radius 3 is 3.00 bits per heavy atom. The Morgan fingerprint density at radius 1 is 1.56 bits per heavy atom. The van der Waals surface area contributed by atoms with Crippen molar-refractivity contribution in [3.63, 3.8) is 0 Å². The fourth-order valence-electron chi connectivity index (χ4n) is 2.29. The fraction of sp³-hybridized carbons (Fsp3) is 0.583. The number of halogens is 1. The predicted molar refractivity (Wildman–Crippen MR) is 59.3 cm³/mol. The summed E-state index contributed by atoms with van der Waals surface area (Å²) in [6.45, 7) is 4.00. The Hall–Kier alpha value is -1.00. The van der Waals surface area contributed by atoms with Crippen LogP contribution in [0.4, 0.5) is 4.39 Å². The van der Waals surface area contributed by atoms with Gasteiger partial charge in [0.05, 0.1) is 18.5 Å². The Labute approximate surface area is 94.9 Å². The monoisotopic (exact) mass is 224 g/mol. The van der Waals surface area contributed by atoms with Gasteiger partial charge in [-0.15, -0.1) is 0 Å². The van der Waals surface area contributed by atoms with Crippen molar-refractivity contribution in [3.05, 3.63) is 29.8 Å². The van der Waals surface area contributed by atoms with Gasteiger partial charge in [-0.25, -0.2) is 4.39 Å². The number of aliphatic hydroxyl groups excluding tert-OH is 1. The van der Waals surface area contributed by atoms with Crippen molar-refractivity contribution in [2.45, 2.75) is 25.9 Å². The minimum atomic E-state index is -0.308. The summed E-state index contributed by atoms with van der Waals surface area (Å²) in [4.78, 5) is 6.25. The summed E-state index contributed by atoms with van der Waals surface area (Å²) in [5.41, 5.74) is 0.856. The first kappa shape index (κ1) is 11.5. The maximum absolute atomic E-state index is 12.7. The minimum absolute atomic E-state index is 0.183. The number of aliphatic hydroxyl groups is 1. The second-order valence-corrected chi connectivity index (χ2v) is 4.45. The van der Waals surface area contributed by atoms with Crippen LogP contribution in [0.25, 0.3) is 0 Å². The van der Waals surface area contributed by atoms with Gasteiger partial charge in [-0.2, -0.15) is 0 Å². The van der Waals surface area contributed by atoms with Crippen LogP contribution in [0.15, 0.2) is 18.3 Å². The lowest BCUT2D eigenvalue weighted by Gasteiger charge is -2.24. The van der Waals surface area contributed by atoms with Crippen LogP contribution in [0.1, 0.15) is 19.0 Å². The van der Waals surface area contributed by atoms with E-state index in [1.165, 1.54) is 12.3 Å². The molecule has 4 heteroatoms.